The van der Waals surface area contributed by atoms with Gasteiger partial charge in [0.2, 0.25) is 0 Å². The van der Waals surface area contributed by atoms with Crippen molar-refractivity contribution in [1.82, 2.24) is 0 Å². The summed E-state index contributed by atoms with van der Waals surface area (Å²) in [5, 5.41) is 2.08. The Bertz CT molecular complexity index is 96.7. The zero-order valence-electron chi connectivity index (χ0n) is 2.69. The summed E-state index contributed by atoms with van der Waals surface area (Å²) in [6.07, 6.45) is 0. The largest absolute Gasteiger partial charge is 1.00 e. The van der Waals surface area contributed by atoms with Crippen LogP contribution in [-0.2, 0) is 10.4 Å². The summed E-state index contributed by atoms with van der Waals surface area (Å²) in [6, 6.07) is 0. The van der Waals surface area contributed by atoms with Crippen LogP contribution in [0, 0.1) is 0 Å². The molecular formula is H3ClFNO2S. The average molecular weight is 136 g/mol. The molecule has 0 rings (SSSR count). The van der Waals surface area contributed by atoms with E-state index in [-0.39, 0.29) is 12.4 Å². The minimum atomic E-state index is -4.42. The Morgan fingerprint density at radius 3 is 1.50 bits per heavy atom. The number of halogens is 2. The van der Waals surface area contributed by atoms with E-state index in [9.17, 15) is 3.89 Å². The number of rotatable bonds is 0. The van der Waals surface area contributed by atoms with Crippen LogP contribution in [0.5, 0.6) is 0 Å². The number of hydrogen-bond donors (Lipinski definition) is 1. The molecule has 6 heteroatoms. The standard InChI is InChI=1S/ClH.FH2NO2S/c;1-5(2,3)4/h1H;(H2,2,3,4). The first-order valence-corrected chi connectivity index (χ1v) is 2.33. The molecule has 40 valence electrons. The lowest BCUT2D eigenvalue weighted by Crippen LogP contribution is -3.00. The van der Waals surface area contributed by atoms with E-state index in [0.717, 1.165) is 0 Å². The Hall–Kier alpha value is 0.130. The van der Waals surface area contributed by atoms with Crippen LogP contribution in [0.4, 0.5) is 3.89 Å². The molecular weight excluding hydrogens is 133 g/mol. The van der Waals surface area contributed by atoms with Gasteiger partial charge in [-0.05, 0) is 0 Å². The summed E-state index contributed by atoms with van der Waals surface area (Å²) >= 11 is 0. The van der Waals surface area contributed by atoms with Gasteiger partial charge < -0.3 is 12.4 Å². The lowest BCUT2D eigenvalue weighted by molar-refractivity contribution is -0.174. The summed E-state index contributed by atoms with van der Waals surface area (Å²) in [6.45, 7) is 0. The van der Waals surface area contributed by atoms with Crippen LogP contribution in [0.15, 0.2) is 0 Å². The van der Waals surface area contributed by atoms with Gasteiger partial charge in [-0.25, -0.2) is 5.14 Å². The van der Waals surface area contributed by atoms with E-state index in [1.165, 1.54) is 0 Å². The summed E-state index contributed by atoms with van der Waals surface area (Å²) < 4.78 is 28.3. The van der Waals surface area contributed by atoms with E-state index in [1.54, 1.807) is 0 Å². The molecule has 0 heterocycles. The Kier molecular flexibility index (Phi) is 3.67. The Morgan fingerprint density at radius 1 is 1.50 bits per heavy atom. The van der Waals surface area contributed by atoms with Gasteiger partial charge in [-0.3, -0.25) is 0 Å². The highest BCUT2D eigenvalue weighted by Gasteiger charge is 1.93. The molecule has 0 unspecified atom stereocenters. The third-order valence-corrected chi connectivity index (χ3v) is 0. The summed E-state index contributed by atoms with van der Waals surface area (Å²) in [5.74, 6) is 0. The van der Waals surface area contributed by atoms with Gasteiger partial charge in [0.1, 0.15) is 0 Å². The molecule has 0 radical (unpaired) electrons. The van der Waals surface area contributed by atoms with Crippen LogP contribution in [-0.4, -0.2) is 8.42 Å². The fourth-order valence-electron chi connectivity index (χ4n) is 0. The van der Waals surface area contributed by atoms with Crippen molar-refractivity contribution in [2.45, 2.75) is 0 Å². The summed E-state index contributed by atoms with van der Waals surface area (Å²) in [5.41, 5.74) is 0. The number of quaternary nitrogens is 1. The molecule has 6 heavy (non-hydrogen) atoms. The quantitative estimate of drug-likeness (QED) is 0.340. The summed E-state index contributed by atoms with van der Waals surface area (Å²) in [4.78, 5) is 0. The molecule has 0 aliphatic rings. The molecule has 0 saturated carbocycles. The smallest absolute Gasteiger partial charge is 0.469 e. The first-order chi connectivity index (χ1) is 2.00. The van der Waals surface area contributed by atoms with Crippen LogP contribution >= 0.6 is 0 Å². The maximum Gasteiger partial charge on any atom is 0.469 e. The van der Waals surface area contributed by atoms with E-state index in [2.05, 4.69) is 5.14 Å². The zero-order chi connectivity index (χ0) is 4.50. The van der Waals surface area contributed by atoms with Gasteiger partial charge in [0.05, 0.1) is 0 Å². The van der Waals surface area contributed by atoms with Crippen LogP contribution in [0.1, 0.15) is 0 Å². The molecule has 0 fully saturated rings. The Labute approximate surface area is 41.1 Å². The normalized spacial score (nSPS) is 9.67. The molecule has 0 aliphatic heterocycles. The van der Waals surface area contributed by atoms with E-state index in [0.29, 0.717) is 0 Å². The van der Waals surface area contributed by atoms with E-state index in [1.807, 2.05) is 0 Å². The van der Waals surface area contributed by atoms with Crippen molar-refractivity contribution in [3.8, 4) is 0 Å². The SMILES string of the molecule is [Cl-].[NH3+]S(=O)(=O)F. The van der Waals surface area contributed by atoms with Crippen molar-refractivity contribution in [2.75, 3.05) is 0 Å². The van der Waals surface area contributed by atoms with Crippen molar-refractivity contribution < 1.29 is 29.8 Å². The highest BCUT2D eigenvalue weighted by atomic mass is 35.5. The second-order valence-corrected chi connectivity index (χ2v) is 1.62. The molecule has 3 N–H and O–H groups in total. The molecule has 0 aromatic heterocycles. The lowest BCUT2D eigenvalue weighted by atomic mass is 13.9. The molecule has 0 bridgehead atoms. The highest BCUT2D eigenvalue weighted by molar-refractivity contribution is 7.79. The molecule has 0 amide bonds. The topological polar surface area (TPSA) is 61.8 Å². The van der Waals surface area contributed by atoms with E-state index < -0.39 is 10.4 Å². The first kappa shape index (κ1) is 9.46. The maximum absolute atomic E-state index is 10.5. The van der Waals surface area contributed by atoms with Crippen LogP contribution in [0.3, 0.4) is 0 Å². The van der Waals surface area contributed by atoms with Gasteiger partial charge in [-0.2, -0.15) is 0 Å². The van der Waals surface area contributed by atoms with Crippen molar-refractivity contribution in [2.24, 2.45) is 0 Å². The van der Waals surface area contributed by atoms with Crippen LogP contribution < -0.4 is 17.5 Å². The van der Waals surface area contributed by atoms with Gasteiger partial charge >= 0.3 is 10.4 Å². The minimum Gasteiger partial charge on any atom is -1.00 e. The monoisotopic (exact) mass is 135 g/mol. The van der Waals surface area contributed by atoms with Gasteiger partial charge in [0, 0.05) is 0 Å². The van der Waals surface area contributed by atoms with Crippen molar-refractivity contribution in [1.29, 1.82) is 0 Å². The predicted molar refractivity (Wildman–Crippen MR) is 12.9 cm³/mol. The average Bonchev–Trinajstić information content (AvgIpc) is 0.722. The third-order valence-electron chi connectivity index (χ3n) is 0. The van der Waals surface area contributed by atoms with Crippen LogP contribution in [0.2, 0.25) is 0 Å². The zero-order valence-corrected chi connectivity index (χ0v) is 4.26. The lowest BCUT2D eigenvalue weighted by Gasteiger charge is -1.59. The Balaban J connectivity index is 0. The third kappa shape index (κ3) is 2390. The van der Waals surface area contributed by atoms with Crippen molar-refractivity contribution in [3.05, 3.63) is 0 Å². The molecule has 0 saturated heterocycles. The second kappa shape index (κ2) is 2.33. The molecule has 0 aliphatic carbocycles. The summed E-state index contributed by atoms with van der Waals surface area (Å²) in [7, 11) is -4.42. The van der Waals surface area contributed by atoms with Gasteiger partial charge in [0.15, 0.2) is 0 Å². The molecule has 0 atom stereocenters. The highest BCUT2D eigenvalue weighted by Crippen LogP contribution is 1.62. The Morgan fingerprint density at radius 2 is 1.50 bits per heavy atom. The maximum atomic E-state index is 10.5. The molecule has 0 aromatic rings. The van der Waals surface area contributed by atoms with Gasteiger partial charge in [0.25, 0.3) is 0 Å². The predicted octanol–water partition coefficient (Wildman–Crippen LogP) is -4.55. The molecule has 3 nitrogen and oxygen atoms in total. The molecule has 0 spiro atoms. The van der Waals surface area contributed by atoms with E-state index >= 15 is 0 Å². The van der Waals surface area contributed by atoms with Crippen molar-refractivity contribution in [3.63, 3.8) is 0 Å². The number of hydrogen-bond acceptors (Lipinski definition) is 2. The van der Waals surface area contributed by atoms with Crippen LogP contribution in [0.25, 0.3) is 0 Å². The molecule has 0 aromatic carbocycles. The fourth-order valence-corrected chi connectivity index (χ4v) is 0. The first-order valence-electron chi connectivity index (χ1n) is 0.776. The minimum absolute atomic E-state index is 0. The van der Waals surface area contributed by atoms with Crippen molar-refractivity contribution >= 4 is 10.4 Å². The van der Waals surface area contributed by atoms with Gasteiger partial charge in [-0.1, -0.05) is 3.89 Å². The second-order valence-electron chi connectivity index (χ2n) is 0.539. The van der Waals surface area contributed by atoms with E-state index in [4.69, 9.17) is 8.42 Å². The van der Waals surface area contributed by atoms with Gasteiger partial charge in [-0.15, -0.1) is 8.42 Å². The fraction of sp³-hybridized carbons (Fsp3) is 0.